The van der Waals surface area contributed by atoms with E-state index in [1.807, 2.05) is 19.9 Å². The smallest absolute Gasteiger partial charge is 0.254 e. The molecule has 164 valence electrons. The van der Waals surface area contributed by atoms with Gasteiger partial charge in [-0.05, 0) is 42.5 Å². The maximum absolute atomic E-state index is 12.5. The first-order chi connectivity index (χ1) is 14.9. The lowest BCUT2D eigenvalue weighted by Crippen LogP contribution is -2.40. The molecule has 0 unspecified atom stereocenters. The van der Waals surface area contributed by atoms with Crippen LogP contribution in [0.2, 0.25) is 0 Å². The average Bonchev–Trinajstić information content (AvgIpc) is 2.78. The molecule has 0 spiro atoms. The number of carbonyl (C=O) groups excluding carboxylic acids is 3. The van der Waals surface area contributed by atoms with Crippen molar-refractivity contribution >= 4 is 34.8 Å². The van der Waals surface area contributed by atoms with Crippen molar-refractivity contribution in [1.29, 1.82) is 0 Å². The minimum absolute atomic E-state index is 0.0349. The van der Waals surface area contributed by atoms with Gasteiger partial charge in [-0.3, -0.25) is 14.4 Å². The van der Waals surface area contributed by atoms with Gasteiger partial charge in [0.25, 0.3) is 5.91 Å². The van der Waals surface area contributed by atoms with Crippen molar-refractivity contribution in [2.75, 3.05) is 48.8 Å². The van der Waals surface area contributed by atoms with Crippen LogP contribution < -0.4 is 16.0 Å². The first-order valence-corrected chi connectivity index (χ1v) is 10.3. The van der Waals surface area contributed by atoms with Crippen LogP contribution in [-0.2, 0) is 14.3 Å². The van der Waals surface area contributed by atoms with Crippen molar-refractivity contribution in [3.05, 3.63) is 54.1 Å². The number of ether oxygens (including phenoxy) is 1. The van der Waals surface area contributed by atoms with Crippen LogP contribution >= 0.6 is 0 Å². The Morgan fingerprint density at radius 1 is 0.935 bits per heavy atom. The average molecular weight is 425 g/mol. The number of rotatable bonds is 7. The third-order valence-electron chi connectivity index (χ3n) is 4.82. The first kappa shape index (κ1) is 22.3. The van der Waals surface area contributed by atoms with E-state index in [1.165, 1.54) is 0 Å². The van der Waals surface area contributed by atoms with E-state index in [9.17, 15) is 14.4 Å². The lowest BCUT2D eigenvalue weighted by atomic mass is 10.1. The van der Waals surface area contributed by atoms with Crippen LogP contribution in [0.3, 0.4) is 0 Å². The van der Waals surface area contributed by atoms with Gasteiger partial charge in [-0.25, -0.2) is 0 Å². The Morgan fingerprint density at radius 2 is 1.61 bits per heavy atom. The Kier molecular flexibility index (Phi) is 7.61. The fourth-order valence-corrected chi connectivity index (χ4v) is 3.03. The highest BCUT2D eigenvalue weighted by Gasteiger charge is 2.18. The molecular formula is C23H28N4O4. The van der Waals surface area contributed by atoms with Crippen molar-refractivity contribution < 1.29 is 19.1 Å². The number of morpholine rings is 1. The van der Waals surface area contributed by atoms with Gasteiger partial charge in [0.15, 0.2) is 0 Å². The highest BCUT2D eigenvalue weighted by Crippen LogP contribution is 2.16. The Bertz CT molecular complexity index is 921. The van der Waals surface area contributed by atoms with Crippen molar-refractivity contribution in [1.82, 2.24) is 4.90 Å². The van der Waals surface area contributed by atoms with E-state index in [2.05, 4.69) is 16.0 Å². The molecule has 0 bridgehead atoms. The topological polar surface area (TPSA) is 99.8 Å². The number of benzene rings is 2. The van der Waals surface area contributed by atoms with Crippen molar-refractivity contribution in [3.63, 3.8) is 0 Å². The van der Waals surface area contributed by atoms with Gasteiger partial charge in [0, 0.05) is 41.6 Å². The molecule has 2 aromatic rings. The van der Waals surface area contributed by atoms with Gasteiger partial charge >= 0.3 is 0 Å². The number of hydrogen-bond donors (Lipinski definition) is 3. The number of nitrogens with zero attached hydrogens (tertiary/aromatic N) is 1. The lowest BCUT2D eigenvalue weighted by molar-refractivity contribution is -0.119. The van der Waals surface area contributed by atoms with E-state index >= 15 is 0 Å². The molecule has 0 aromatic heterocycles. The summed E-state index contributed by atoms with van der Waals surface area (Å²) in [6.45, 7) is 6.01. The molecule has 8 nitrogen and oxygen atoms in total. The fourth-order valence-electron chi connectivity index (χ4n) is 3.03. The third-order valence-corrected chi connectivity index (χ3v) is 4.82. The first-order valence-electron chi connectivity index (χ1n) is 10.3. The standard InChI is InChI=1S/C23H28N4O4/c1-16(2)22(29)26-20-5-3-4-19(14-20)24-15-21(28)25-18-8-6-17(7-9-18)23(30)27-10-12-31-13-11-27/h3-9,14,16,24H,10-13,15H2,1-2H3,(H,25,28)(H,26,29). The highest BCUT2D eigenvalue weighted by atomic mass is 16.5. The van der Waals surface area contributed by atoms with Crippen molar-refractivity contribution in [3.8, 4) is 0 Å². The SMILES string of the molecule is CC(C)C(=O)Nc1cccc(NCC(=O)Nc2ccc(C(=O)N3CCOCC3)cc2)c1. The summed E-state index contributed by atoms with van der Waals surface area (Å²) in [4.78, 5) is 38.3. The maximum Gasteiger partial charge on any atom is 0.254 e. The number of carbonyl (C=O) groups is 3. The summed E-state index contributed by atoms with van der Waals surface area (Å²) in [5.74, 6) is -0.431. The molecule has 2 aromatic carbocycles. The zero-order valence-electron chi connectivity index (χ0n) is 17.8. The van der Waals surface area contributed by atoms with Crippen LogP contribution in [0.25, 0.3) is 0 Å². The summed E-state index contributed by atoms with van der Waals surface area (Å²) in [5, 5.41) is 8.68. The quantitative estimate of drug-likeness (QED) is 0.635. The Balaban J connectivity index is 1.49. The van der Waals surface area contributed by atoms with Crippen LogP contribution in [0, 0.1) is 5.92 Å². The van der Waals surface area contributed by atoms with Crippen LogP contribution in [0.4, 0.5) is 17.1 Å². The Labute approximate surface area is 182 Å². The zero-order chi connectivity index (χ0) is 22.2. The molecule has 31 heavy (non-hydrogen) atoms. The summed E-state index contributed by atoms with van der Waals surface area (Å²) in [6, 6.07) is 14.1. The molecular weight excluding hydrogens is 396 g/mol. The van der Waals surface area contributed by atoms with Crippen LogP contribution in [-0.4, -0.2) is 55.5 Å². The van der Waals surface area contributed by atoms with Gasteiger partial charge in [-0.1, -0.05) is 19.9 Å². The van der Waals surface area contributed by atoms with Crippen LogP contribution in [0.15, 0.2) is 48.5 Å². The van der Waals surface area contributed by atoms with Gasteiger partial charge < -0.3 is 25.6 Å². The van der Waals surface area contributed by atoms with E-state index in [0.717, 1.165) is 5.69 Å². The number of amides is 3. The van der Waals surface area contributed by atoms with Gasteiger partial charge in [0.2, 0.25) is 11.8 Å². The maximum atomic E-state index is 12.5. The molecule has 0 radical (unpaired) electrons. The monoisotopic (exact) mass is 424 g/mol. The molecule has 1 fully saturated rings. The largest absolute Gasteiger partial charge is 0.378 e. The minimum Gasteiger partial charge on any atom is -0.378 e. The molecule has 8 heteroatoms. The molecule has 1 saturated heterocycles. The van der Waals surface area contributed by atoms with E-state index in [0.29, 0.717) is 43.2 Å². The van der Waals surface area contributed by atoms with E-state index in [1.54, 1.807) is 47.4 Å². The minimum atomic E-state index is -0.219. The van der Waals surface area contributed by atoms with Crippen molar-refractivity contribution in [2.24, 2.45) is 5.92 Å². The molecule has 0 aliphatic carbocycles. The zero-order valence-corrected chi connectivity index (χ0v) is 17.8. The van der Waals surface area contributed by atoms with Gasteiger partial charge in [-0.2, -0.15) is 0 Å². The van der Waals surface area contributed by atoms with E-state index < -0.39 is 0 Å². The fraction of sp³-hybridized carbons (Fsp3) is 0.348. The predicted octanol–water partition coefficient (Wildman–Crippen LogP) is 2.80. The summed E-state index contributed by atoms with van der Waals surface area (Å²) in [5.41, 5.74) is 2.59. The lowest BCUT2D eigenvalue weighted by Gasteiger charge is -2.26. The van der Waals surface area contributed by atoms with Gasteiger partial charge in [-0.15, -0.1) is 0 Å². The van der Waals surface area contributed by atoms with Crippen LogP contribution in [0.5, 0.6) is 0 Å². The molecule has 0 saturated carbocycles. The van der Waals surface area contributed by atoms with Crippen LogP contribution in [0.1, 0.15) is 24.2 Å². The second-order valence-corrected chi connectivity index (χ2v) is 7.61. The summed E-state index contributed by atoms with van der Waals surface area (Å²) in [7, 11) is 0. The summed E-state index contributed by atoms with van der Waals surface area (Å²) >= 11 is 0. The van der Waals surface area contributed by atoms with E-state index in [-0.39, 0.29) is 30.2 Å². The Hall–Kier alpha value is -3.39. The molecule has 3 N–H and O–H groups in total. The second-order valence-electron chi connectivity index (χ2n) is 7.61. The number of anilines is 3. The second kappa shape index (κ2) is 10.6. The molecule has 1 heterocycles. The van der Waals surface area contributed by atoms with E-state index in [4.69, 9.17) is 4.74 Å². The molecule has 1 aliphatic rings. The molecule has 3 rings (SSSR count). The molecule has 0 atom stereocenters. The summed E-state index contributed by atoms with van der Waals surface area (Å²) < 4.78 is 5.27. The van der Waals surface area contributed by atoms with Gasteiger partial charge in [0.05, 0.1) is 19.8 Å². The Morgan fingerprint density at radius 3 is 2.29 bits per heavy atom. The van der Waals surface area contributed by atoms with Gasteiger partial charge in [0.1, 0.15) is 0 Å². The summed E-state index contributed by atoms with van der Waals surface area (Å²) in [6.07, 6.45) is 0. The highest BCUT2D eigenvalue weighted by molar-refractivity contribution is 5.97. The predicted molar refractivity (Wildman–Crippen MR) is 120 cm³/mol. The normalized spacial score (nSPS) is 13.6. The third kappa shape index (κ3) is 6.55. The van der Waals surface area contributed by atoms with Crippen molar-refractivity contribution in [2.45, 2.75) is 13.8 Å². The molecule has 1 aliphatic heterocycles. The number of nitrogens with one attached hydrogen (secondary N) is 3. The molecule has 3 amide bonds. The number of hydrogen-bond acceptors (Lipinski definition) is 5.